The van der Waals surface area contributed by atoms with Crippen molar-refractivity contribution in [2.24, 2.45) is 0 Å². The second kappa shape index (κ2) is 5.59. The molecule has 0 saturated heterocycles. The number of aromatic nitrogens is 1. The highest BCUT2D eigenvalue weighted by Gasteiger charge is 2.05. The first-order valence-corrected chi connectivity index (χ1v) is 7.05. The van der Waals surface area contributed by atoms with Crippen LogP contribution in [0.2, 0.25) is 0 Å². The predicted octanol–water partition coefficient (Wildman–Crippen LogP) is 4.75. The zero-order chi connectivity index (χ0) is 13.9. The van der Waals surface area contributed by atoms with E-state index in [1.165, 1.54) is 6.07 Å². The van der Waals surface area contributed by atoms with E-state index in [-0.39, 0.29) is 5.82 Å². The Bertz CT molecular complexity index is 753. The SMILES string of the molecule is Fc1cc(Br)ccc1NCc1cccc2cccnc12. The average Bonchev–Trinajstić information content (AvgIpc) is 2.46. The Morgan fingerprint density at radius 3 is 2.80 bits per heavy atom. The monoisotopic (exact) mass is 330 g/mol. The number of para-hydroxylation sites is 1. The van der Waals surface area contributed by atoms with Gasteiger partial charge in [-0.15, -0.1) is 0 Å². The summed E-state index contributed by atoms with van der Waals surface area (Å²) in [6, 6.07) is 14.9. The van der Waals surface area contributed by atoms with Crippen molar-refractivity contribution < 1.29 is 4.39 Å². The lowest BCUT2D eigenvalue weighted by Crippen LogP contribution is -2.02. The fraction of sp³-hybridized carbons (Fsp3) is 0.0625. The lowest BCUT2D eigenvalue weighted by molar-refractivity contribution is 0.629. The van der Waals surface area contributed by atoms with Crippen molar-refractivity contribution in [1.82, 2.24) is 4.98 Å². The molecule has 1 aromatic heterocycles. The average molecular weight is 331 g/mol. The van der Waals surface area contributed by atoms with Gasteiger partial charge in [0.05, 0.1) is 11.2 Å². The molecule has 0 amide bonds. The number of rotatable bonds is 3. The summed E-state index contributed by atoms with van der Waals surface area (Å²) in [5, 5.41) is 4.20. The number of fused-ring (bicyclic) bond motifs is 1. The van der Waals surface area contributed by atoms with Gasteiger partial charge in [0.15, 0.2) is 0 Å². The van der Waals surface area contributed by atoms with Crippen molar-refractivity contribution in [3.63, 3.8) is 0 Å². The minimum atomic E-state index is -0.271. The number of nitrogens with zero attached hydrogens (tertiary/aromatic N) is 1. The number of benzene rings is 2. The maximum Gasteiger partial charge on any atom is 0.147 e. The van der Waals surface area contributed by atoms with Gasteiger partial charge in [0.2, 0.25) is 0 Å². The smallest absolute Gasteiger partial charge is 0.147 e. The fourth-order valence-electron chi connectivity index (χ4n) is 2.13. The summed E-state index contributed by atoms with van der Waals surface area (Å²) in [5.74, 6) is -0.271. The van der Waals surface area contributed by atoms with E-state index in [9.17, 15) is 4.39 Å². The maximum absolute atomic E-state index is 13.8. The molecule has 0 fully saturated rings. The van der Waals surface area contributed by atoms with Crippen molar-refractivity contribution in [2.45, 2.75) is 6.54 Å². The first kappa shape index (κ1) is 13.1. The van der Waals surface area contributed by atoms with Crippen molar-refractivity contribution in [1.29, 1.82) is 0 Å². The number of anilines is 1. The van der Waals surface area contributed by atoms with E-state index >= 15 is 0 Å². The highest BCUT2D eigenvalue weighted by molar-refractivity contribution is 9.10. The second-order valence-electron chi connectivity index (χ2n) is 4.47. The van der Waals surface area contributed by atoms with Gasteiger partial charge in [-0.1, -0.05) is 40.2 Å². The number of nitrogens with one attached hydrogen (secondary N) is 1. The predicted molar refractivity (Wildman–Crippen MR) is 83.2 cm³/mol. The molecule has 4 heteroatoms. The number of hydrogen-bond acceptors (Lipinski definition) is 2. The minimum absolute atomic E-state index is 0.271. The number of hydrogen-bond donors (Lipinski definition) is 1. The quantitative estimate of drug-likeness (QED) is 0.749. The van der Waals surface area contributed by atoms with E-state index in [1.54, 1.807) is 12.3 Å². The van der Waals surface area contributed by atoms with Crippen molar-refractivity contribution in [3.8, 4) is 0 Å². The minimum Gasteiger partial charge on any atom is -0.379 e. The largest absolute Gasteiger partial charge is 0.379 e. The molecule has 0 unspecified atom stereocenters. The normalized spacial score (nSPS) is 10.7. The Labute approximate surface area is 124 Å². The van der Waals surface area contributed by atoms with Crippen molar-refractivity contribution in [3.05, 3.63) is 70.6 Å². The molecule has 0 aliphatic carbocycles. The molecule has 0 saturated carbocycles. The zero-order valence-corrected chi connectivity index (χ0v) is 12.2. The summed E-state index contributed by atoms with van der Waals surface area (Å²) in [7, 11) is 0. The molecule has 1 N–H and O–H groups in total. The van der Waals surface area contributed by atoms with E-state index in [4.69, 9.17) is 0 Å². The Kier molecular flexibility index (Phi) is 3.65. The Morgan fingerprint density at radius 2 is 1.95 bits per heavy atom. The van der Waals surface area contributed by atoms with Crippen LogP contribution in [0.3, 0.4) is 0 Å². The molecule has 0 spiro atoms. The van der Waals surface area contributed by atoms with Gasteiger partial charge in [0, 0.05) is 22.6 Å². The van der Waals surface area contributed by atoms with Crippen molar-refractivity contribution >= 4 is 32.5 Å². The molecule has 0 radical (unpaired) electrons. The lowest BCUT2D eigenvalue weighted by Gasteiger charge is -2.09. The summed E-state index contributed by atoms with van der Waals surface area (Å²) in [5.41, 5.74) is 2.48. The van der Waals surface area contributed by atoms with Crippen LogP contribution in [-0.2, 0) is 6.54 Å². The van der Waals surface area contributed by atoms with Gasteiger partial charge in [-0.05, 0) is 29.8 Å². The maximum atomic E-state index is 13.8. The van der Waals surface area contributed by atoms with Gasteiger partial charge in [0.1, 0.15) is 5.82 Å². The Hall–Kier alpha value is -1.94. The molecule has 3 rings (SSSR count). The van der Waals surface area contributed by atoms with Gasteiger partial charge in [-0.3, -0.25) is 4.98 Å². The molecule has 2 nitrogen and oxygen atoms in total. The molecular weight excluding hydrogens is 319 g/mol. The van der Waals surface area contributed by atoms with E-state index in [0.29, 0.717) is 12.2 Å². The first-order valence-electron chi connectivity index (χ1n) is 6.25. The third kappa shape index (κ3) is 2.65. The molecule has 0 bridgehead atoms. The van der Waals surface area contributed by atoms with Gasteiger partial charge in [0.25, 0.3) is 0 Å². The summed E-state index contributed by atoms with van der Waals surface area (Å²) in [4.78, 5) is 4.39. The molecular formula is C16H12BrFN2. The third-order valence-electron chi connectivity index (χ3n) is 3.12. The second-order valence-corrected chi connectivity index (χ2v) is 5.39. The number of pyridine rings is 1. The molecule has 100 valence electrons. The van der Waals surface area contributed by atoms with Crippen LogP contribution in [0.5, 0.6) is 0 Å². The number of halogens is 2. The van der Waals surface area contributed by atoms with Crippen LogP contribution in [0.15, 0.2) is 59.2 Å². The van der Waals surface area contributed by atoms with E-state index in [0.717, 1.165) is 20.9 Å². The van der Waals surface area contributed by atoms with E-state index < -0.39 is 0 Å². The first-order chi connectivity index (χ1) is 9.74. The Balaban J connectivity index is 1.87. The molecule has 0 aliphatic heterocycles. The molecule has 20 heavy (non-hydrogen) atoms. The lowest BCUT2D eigenvalue weighted by atomic mass is 10.1. The van der Waals surface area contributed by atoms with Crippen LogP contribution < -0.4 is 5.32 Å². The topological polar surface area (TPSA) is 24.9 Å². The molecule has 0 aliphatic rings. The van der Waals surface area contributed by atoms with E-state index in [1.807, 2.05) is 36.4 Å². The van der Waals surface area contributed by atoms with Crippen LogP contribution in [0.25, 0.3) is 10.9 Å². The van der Waals surface area contributed by atoms with Crippen LogP contribution >= 0.6 is 15.9 Å². The highest BCUT2D eigenvalue weighted by Crippen LogP contribution is 2.21. The fourth-order valence-corrected chi connectivity index (χ4v) is 2.47. The highest BCUT2D eigenvalue weighted by atomic mass is 79.9. The Morgan fingerprint density at radius 1 is 1.10 bits per heavy atom. The third-order valence-corrected chi connectivity index (χ3v) is 3.61. The molecule has 2 aromatic carbocycles. The summed E-state index contributed by atoms with van der Waals surface area (Å²) in [6.45, 7) is 0.535. The molecule has 1 heterocycles. The van der Waals surface area contributed by atoms with Gasteiger partial charge in [-0.25, -0.2) is 4.39 Å². The summed E-state index contributed by atoms with van der Waals surface area (Å²) in [6.07, 6.45) is 1.77. The molecule has 0 atom stereocenters. The molecule has 3 aromatic rings. The zero-order valence-electron chi connectivity index (χ0n) is 10.6. The van der Waals surface area contributed by atoms with Gasteiger partial charge in [-0.2, -0.15) is 0 Å². The standard InChI is InChI=1S/C16H12BrFN2/c17-13-6-7-15(14(18)9-13)20-10-12-4-1-3-11-5-2-8-19-16(11)12/h1-9,20H,10H2. The van der Waals surface area contributed by atoms with Crippen molar-refractivity contribution in [2.75, 3.05) is 5.32 Å². The van der Waals surface area contributed by atoms with Crippen LogP contribution in [0.4, 0.5) is 10.1 Å². The van der Waals surface area contributed by atoms with Gasteiger partial charge < -0.3 is 5.32 Å². The van der Waals surface area contributed by atoms with Crippen LogP contribution in [-0.4, -0.2) is 4.98 Å². The summed E-state index contributed by atoms with van der Waals surface area (Å²) < 4.78 is 14.5. The van der Waals surface area contributed by atoms with E-state index in [2.05, 4.69) is 26.2 Å². The van der Waals surface area contributed by atoms with Crippen LogP contribution in [0.1, 0.15) is 5.56 Å². The summed E-state index contributed by atoms with van der Waals surface area (Å²) >= 11 is 3.25. The van der Waals surface area contributed by atoms with Crippen LogP contribution in [0, 0.1) is 5.82 Å². The van der Waals surface area contributed by atoms with Gasteiger partial charge >= 0.3 is 0 Å².